The SMILES string of the molecule is CNC(=O)c1ccc(C#Cc2cnc(NC)c3cnc(NC(=O)C4CC4)cc23)cc1. The topological polar surface area (TPSA) is 96.0 Å². The van der Waals surface area contributed by atoms with E-state index in [-0.39, 0.29) is 17.7 Å². The van der Waals surface area contributed by atoms with Gasteiger partial charge >= 0.3 is 0 Å². The van der Waals surface area contributed by atoms with Gasteiger partial charge in [0.15, 0.2) is 0 Å². The van der Waals surface area contributed by atoms with E-state index in [2.05, 4.69) is 37.8 Å². The summed E-state index contributed by atoms with van der Waals surface area (Å²) in [5.41, 5.74) is 2.09. The van der Waals surface area contributed by atoms with Crippen molar-refractivity contribution in [3.63, 3.8) is 0 Å². The second-order valence-electron chi connectivity index (χ2n) is 7.06. The molecule has 3 N–H and O–H groups in total. The van der Waals surface area contributed by atoms with Crippen molar-refractivity contribution in [2.24, 2.45) is 5.92 Å². The van der Waals surface area contributed by atoms with Gasteiger partial charge in [0.2, 0.25) is 5.91 Å². The summed E-state index contributed by atoms with van der Waals surface area (Å²) in [6.07, 6.45) is 5.26. The van der Waals surface area contributed by atoms with E-state index in [9.17, 15) is 9.59 Å². The van der Waals surface area contributed by atoms with Gasteiger partial charge in [-0.05, 0) is 43.2 Å². The normalized spacial score (nSPS) is 12.6. The summed E-state index contributed by atoms with van der Waals surface area (Å²) in [7, 11) is 3.39. The molecule has 0 unspecified atom stereocenters. The molecule has 2 heterocycles. The van der Waals surface area contributed by atoms with Crippen molar-refractivity contribution in [2.75, 3.05) is 24.7 Å². The molecule has 2 aromatic heterocycles. The molecule has 0 radical (unpaired) electrons. The lowest BCUT2D eigenvalue weighted by Gasteiger charge is -2.09. The van der Waals surface area contributed by atoms with Crippen LogP contribution in [0.15, 0.2) is 42.7 Å². The Hall–Kier alpha value is -3.92. The average molecular weight is 399 g/mol. The molecule has 2 amide bonds. The summed E-state index contributed by atoms with van der Waals surface area (Å²) >= 11 is 0. The van der Waals surface area contributed by atoms with Gasteiger partial charge in [0.1, 0.15) is 11.6 Å². The monoisotopic (exact) mass is 399 g/mol. The fourth-order valence-corrected chi connectivity index (χ4v) is 3.06. The molecule has 0 bridgehead atoms. The Labute approximate surface area is 174 Å². The van der Waals surface area contributed by atoms with Gasteiger partial charge in [-0.25, -0.2) is 9.97 Å². The quantitative estimate of drug-likeness (QED) is 0.587. The third-order valence-electron chi connectivity index (χ3n) is 4.92. The molecule has 1 fully saturated rings. The molecule has 0 atom stereocenters. The molecule has 30 heavy (non-hydrogen) atoms. The molecule has 0 saturated heterocycles. The van der Waals surface area contributed by atoms with Crippen LogP contribution in [-0.2, 0) is 4.79 Å². The maximum absolute atomic E-state index is 12.1. The van der Waals surface area contributed by atoms with Crippen LogP contribution in [0.5, 0.6) is 0 Å². The van der Waals surface area contributed by atoms with Crippen molar-refractivity contribution in [1.29, 1.82) is 0 Å². The number of fused-ring (bicyclic) bond motifs is 1. The number of aromatic nitrogens is 2. The first-order chi connectivity index (χ1) is 14.6. The predicted octanol–water partition coefficient (Wildman–Crippen LogP) is 2.78. The number of carbonyl (C=O) groups is 2. The van der Waals surface area contributed by atoms with Gasteiger partial charge in [-0.15, -0.1) is 0 Å². The second kappa shape index (κ2) is 8.21. The van der Waals surface area contributed by atoms with E-state index in [0.717, 1.165) is 34.7 Å². The standard InChI is InChI=1S/C23H21N5O2/c1-24-21-19-13-26-20(28-23(30)16-9-10-16)11-18(19)17(12-27-21)8-5-14-3-6-15(7-4-14)22(29)25-2/h3-4,6-7,11-13,16H,9-10H2,1-2H3,(H,24,27)(H,25,29)(H,26,28,30). The molecule has 7 nitrogen and oxygen atoms in total. The van der Waals surface area contributed by atoms with E-state index >= 15 is 0 Å². The van der Waals surface area contributed by atoms with Gasteiger partial charge in [-0.3, -0.25) is 9.59 Å². The third kappa shape index (κ3) is 4.08. The lowest BCUT2D eigenvalue weighted by Crippen LogP contribution is -2.17. The van der Waals surface area contributed by atoms with Crippen LogP contribution in [0.1, 0.15) is 34.3 Å². The van der Waals surface area contributed by atoms with Gasteiger partial charge in [0.05, 0.1) is 5.56 Å². The minimum atomic E-state index is -0.138. The number of pyridine rings is 2. The smallest absolute Gasteiger partial charge is 0.251 e. The van der Waals surface area contributed by atoms with Crippen LogP contribution in [0.4, 0.5) is 11.6 Å². The van der Waals surface area contributed by atoms with E-state index in [1.165, 1.54) is 0 Å². The third-order valence-corrected chi connectivity index (χ3v) is 4.92. The number of rotatable bonds is 4. The first kappa shape index (κ1) is 19.4. The first-order valence-electron chi connectivity index (χ1n) is 9.70. The van der Waals surface area contributed by atoms with E-state index in [4.69, 9.17) is 0 Å². The van der Waals surface area contributed by atoms with E-state index in [0.29, 0.717) is 17.2 Å². The highest BCUT2D eigenvalue weighted by Gasteiger charge is 2.29. The van der Waals surface area contributed by atoms with E-state index < -0.39 is 0 Å². The fourth-order valence-electron chi connectivity index (χ4n) is 3.06. The summed E-state index contributed by atoms with van der Waals surface area (Å²) in [5.74, 6) is 7.43. The molecule has 0 aliphatic heterocycles. The summed E-state index contributed by atoms with van der Waals surface area (Å²) < 4.78 is 0. The van der Waals surface area contributed by atoms with Crippen molar-refractivity contribution in [3.05, 3.63) is 59.4 Å². The number of hydrogen-bond acceptors (Lipinski definition) is 5. The highest BCUT2D eigenvalue weighted by atomic mass is 16.2. The van der Waals surface area contributed by atoms with Crippen molar-refractivity contribution >= 4 is 34.2 Å². The van der Waals surface area contributed by atoms with Crippen LogP contribution in [0.2, 0.25) is 0 Å². The summed E-state index contributed by atoms with van der Waals surface area (Å²) in [6, 6.07) is 8.91. The Morgan fingerprint density at radius 3 is 2.43 bits per heavy atom. The van der Waals surface area contributed by atoms with Crippen LogP contribution in [0.25, 0.3) is 10.8 Å². The lowest BCUT2D eigenvalue weighted by atomic mass is 10.1. The zero-order chi connectivity index (χ0) is 21.1. The van der Waals surface area contributed by atoms with Gasteiger partial charge in [0, 0.05) is 54.3 Å². The van der Waals surface area contributed by atoms with Crippen molar-refractivity contribution in [3.8, 4) is 11.8 Å². The Morgan fingerprint density at radius 2 is 1.77 bits per heavy atom. The summed E-state index contributed by atoms with van der Waals surface area (Å²) in [6.45, 7) is 0. The molecular weight excluding hydrogens is 378 g/mol. The zero-order valence-electron chi connectivity index (χ0n) is 16.7. The van der Waals surface area contributed by atoms with Gasteiger partial charge < -0.3 is 16.0 Å². The molecule has 1 saturated carbocycles. The van der Waals surface area contributed by atoms with Crippen molar-refractivity contribution in [1.82, 2.24) is 15.3 Å². The molecule has 1 aliphatic carbocycles. The summed E-state index contributed by atoms with van der Waals surface area (Å²) in [4.78, 5) is 32.5. The highest BCUT2D eigenvalue weighted by Crippen LogP contribution is 2.31. The first-order valence-corrected chi connectivity index (χ1v) is 9.70. The predicted molar refractivity (Wildman–Crippen MR) is 116 cm³/mol. The Bertz CT molecular complexity index is 1190. The molecule has 150 valence electrons. The van der Waals surface area contributed by atoms with E-state index in [1.54, 1.807) is 50.8 Å². The van der Waals surface area contributed by atoms with E-state index in [1.807, 2.05) is 6.07 Å². The number of amides is 2. The molecule has 1 aliphatic rings. The number of carbonyl (C=O) groups excluding carboxylic acids is 2. The Kier molecular flexibility index (Phi) is 5.31. The minimum Gasteiger partial charge on any atom is -0.373 e. The van der Waals surface area contributed by atoms with Crippen LogP contribution >= 0.6 is 0 Å². The van der Waals surface area contributed by atoms with Crippen molar-refractivity contribution in [2.45, 2.75) is 12.8 Å². The zero-order valence-corrected chi connectivity index (χ0v) is 16.7. The molecule has 3 aromatic rings. The number of benzene rings is 1. The lowest BCUT2D eigenvalue weighted by molar-refractivity contribution is -0.117. The van der Waals surface area contributed by atoms with Crippen molar-refractivity contribution < 1.29 is 9.59 Å². The molecule has 1 aromatic carbocycles. The molecule has 0 spiro atoms. The molecule has 4 rings (SSSR count). The maximum atomic E-state index is 12.1. The van der Waals surface area contributed by atoms with Gasteiger partial charge in [-0.2, -0.15) is 0 Å². The second-order valence-corrected chi connectivity index (χ2v) is 7.06. The number of nitrogens with zero attached hydrogens (tertiary/aromatic N) is 2. The molecule has 7 heteroatoms. The van der Waals surface area contributed by atoms with Crippen LogP contribution in [-0.4, -0.2) is 35.9 Å². The highest BCUT2D eigenvalue weighted by molar-refractivity contribution is 5.99. The molecular formula is C23H21N5O2. The largest absolute Gasteiger partial charge is 0.373 e. The van der Waals surface area contributed by atoms with Crippen LogP contribution in [0.3, 0.4) is 0 Å². The fraction of sp³-hybridized carbons (Fsp3) is 0.217. The van der Waals surface area contributed by atoms with Gasteiger partial charge in [-0.1, -0.05) is 11.8 Å². The van der Waals surface area contributed by atoms with Crippen LogP contribution in [0, 0.1) is 17.8 Å². The number of hydrogen-bond donors (Lipinski definition) is 3. The van der Waals surface area contributed by atoms with Crippen LogP contribution < -0.4 is 16.0 Å². The summed E-state index contributed by atoms with van der Waals surface area (Å²) in [5, 5.41) is 10.2. The van der Waals surface area contributed by atoms with Gasteiger partial charge in [0.25, 0.3) is 5.91 Å². The Balaban J connectivity index is 1.68. The minimum absolute atomic E-state index is 0.00795. The maximum Gasteiger partial charge on any atom is 0.251 e. The Morgan fingerprint density at radius 1 is 1.00 bits per heavy atom. The number of anilines is 2. The number of nitrogens with one attached hydrogen (secondary N) is 3. The average Bonchev–Trinajstić information content (AvgIpc) is 3.63.